The number of hydrogen-bond donors (Lipinski definition) is 1. The van der Waals surface area contributed by atoms with E-state index in [1.54, 1.807) is 12.4 Å². The van der Waals surface area contributed by atoms with Gasteiger partial charge in [0.05, 0.1) is 0 Å². The molecule has 2 rings (SSSR count). The third-order valence-electron chi connectivity index (χ3n) is 3.10. The van der Waals surface area contributed by atoms with Crippen LogP contribution in [0.3, 0.4) is 0 Å². The monoisotopic (exact) mass is 239 g/mol. The molecule has 1 fully saturated rings. The minimum absolute atomic E-state index is 0.476. The molecule has 0 spiro atoms. The van der Waals surface area contributed by atoms with Gasteiger partial charge in [0.25, 0.3) is 0 Å². The molecule has 1 saturated carbocycles. The smallest absolute Gasteiger partial charge is 0.171 e. The Bertz CT molecular complexity index is 322. The van der Waals surface area contributed by atoms with Gasteiger partial charge in [-0.25, -0.2) is 9.97 Å². The molecule has 1 aromatic heterocycles. The molecular weight excluding hydrogens is 222 g/mol. The summed E-state index contributed by atoms with van der Waals surface area (Å²) in [5.41, 5.74) is 0. The van der Waals surface area contributed by atoms with Gasteiger partial charge in [-0.3, -0.25) is 0 Å². The van der Waals surface area contributed by atoms with Gasteiger partial charge in [0, 0.05) is 18.4 Å². The number of nitrogens with zero attached hydrogens (tertiary/aromatic N) is 2. The van der Waals surface area contributed by atoms with Gasteiger partial charge in [-0.1, -0.05) is 43.7 Å². The van der Waals surface area contributed by atoms with Crippen LogP contribution in [0.25, 0.3) is 0 Å². The lowest BCUT2D eigenvalue weighted by Crippen LogP contribution is -2.21. The van der Waals surface area contributed by atoms with Crippen LogP contribution in [0.4, 0.5) is 5.82 Å². The number of aromatic nitrogens is 2. The van der Waals surface area contributed by atoms with Gasteiger partial charge in [-0.15, -0.1) is 0 Å². The van der Waals surface area contributed by atoms with Gasteiger partial charge in [0.1, 0.15) is 0 Å². The van der Waals surface area contributed by atoms with Gasteiger partial charge in [0.15, 0.2) is 11.0 Å². The van der Waals surface area contributed by atoms with E-state index in [4.69, 9.17) is 11.6 Å². The second kappa shape index (κ2) is 6.04. The van der Waals surface area contributed by atoms with Crippen molar-refractivity contribution < 1.29 is 0 Å². The van der Waals surface area contributed by atoms with Crippen molar-refractivity contribution in [3.05, 3.63) is 17.5 Å². The molecule has 1 aliphatic carbocycles. The molecule has 0 saturated heterocycles. The zero-order chi connectivity index (χ0) is 11.2. The molecule has 0 radical (unpaired) electrons. The first-order valence-corrected chi connectivity index (χ1v) is 6.47. The van der Waals surface area contributed by atoms with Crippen LogP contribution in [0.2, 0.25) is 5.15 Å². The van der Waals surface area contributed by atoms with E-state index in [9.17, 15) is 0 Å². The largest absolute Gasteiger partial charge is 0.365 e. The molecule has 0 atom stereocenters. The van der Waals surface area contributed by atoms with Crippen LogP contribution in [0.1, 0.15) is 44.9 Å². The van der Waals surface area contributed by atoms with Crippen molar-refractivity contribution in [1.29, 1.82) is 0 Å². The Morgan fingerprint density at radius 3 is 2.31 bits per heavy atom. The Hall–Kier alpha value is -0.830. The minimum Gasteiger partial charge on any atom is -0.365 e. The molecule has 0 amide bonds. The minimum atomic E-state index is 0.476. The fourth-order valence-electron chi connectivity index (χ4n) is 2.21. The van der Waals surface area contributed by atoms with E-state index in [0.717, 1.165) is 5.82 Å². The molecular formula is C12H18ClN3. The van der Waals surface area contributed by atoms with Crippen molar-refractivity contribution in [1.82, 2.24) is 9.97 Å². The van der Waals surface area contributed by atoms with Crippen LogP contribution < -0.4 is 5.32 Å². The van der Waals surface area contributed by atoms with E-state index in [2.05, 4.69) is 15.3 Å². The first-order valence-electron chi connectivity index (χ1n) is 6.09. The Balaban J connectivity index is 1.94. The van der Waals surface area contributed by atoms with Crippen LogP contribution in [0, 0.1) is 0 Å². The number of hydrogen-bond acceptors (Lipinski definition) is 3. The lowest BCUT2D eigenvalue weighted by Gasteiger charge is -2.21. The lowest BCUT2D eigenvalue weighted by molar-refractivity contribution is 0.470. The zero-order valence-corrected chi connectivity index (χ0v) is 10.2. The summed E-state index contributed by atoms with van der Waals surface area (Å²) in [5, 5.41) is 3.89. The quantitative estimate of drug-likeness (QED) is 0.856. The molecule has 4 heteroatoms. The van der Waals surface area contributed by atoms with Crippen molar-refractivity contribution in [2.75, 3.05) is 5.32 Å². The van der Waals surface area contributed by atoms with Gasteiger partial charge in [0.2, 0.25) is 0 Å². The Labute approximate surface area is 102 Å². The second-order valence-corrected chi connectivity index (χ2v) is 4.74. The van der Waals surface area contributed by atoms with E-state index in [1.165, 1.54) is 44.9 Å². The molecule has 1 N–H and O–H groups in total. The maximum atomic E-state index is 5.98. The normalized spacial score (nSPS) is 18.8. The molecule has 1 aromatic rings. The third kappa shape index (κ3) is 3.34. The van der Waals surface area contributed by atoms with Crippen molar-refractivity contribution in [3.8, 4) is 0 Å². The van der Waals surface area contributed by atoms with E-state index < -0.39 is 0 Å². The molecule has 0 aromatic carbocycles. The van der Waals surface area contributed by atoms with Crippen LogP contribution in [0.15, 0.2) is 12.4 Å². The Kier molecular flexibility index (Phi) is 4.40. The first-order chi connectivity index (χ1) is 7.86. The Morgan fingerprint density at radius 2 is 1.62 bits per heavy atom. The first kappa shape index (κ1) is 11.6. The number of halogens is 1. The predicted octanol–water partition coefficient (Wildman–Crippen LogP) is 3.65. The summed E-state index contributed by atoms with van der Waals surface area (Å²) in [5.74, 6) is 0.731. The average Bonchev–Trinajstić information content (AvgIpc) is 2.24. The highest BCUT2D eigenvalue weighted by molar-refractivity contribution is 6.31. The summed E-state index contributed by atoms with van der Waals surface area (Å²) in [7, 11) is 0. The van der Waals surface area contributed by atoms with Crippen molar-refractivity contribution >= 4 is 17.4 Å². The summed E-state index contributed by atoms with van der Waals surface area (Å²) in [6.07, 6.45) is 12.4. The maximum Gasteiger partial charge on any atom is 0.171 e. The summed E-state index contributed by atoms with van der Waals surface area (Å²) in [4.78, 5) is 8.25. The summed E-state index contributed by atoms with van der Waals surface area (Å²) >= 11 is 5.98. The fourth-order valence-corrected chi connectivity index (χ4v) is 2.37. The summed E-state index contributed by atoms with van der Waals surface area (Å²) < 4.78 is 0. The molecule has 88 valence electrons. The molecule has 0 bridgehead atoms. The predicted molar refractivity (Wildman–Crippen MR) is 66.8 cm³/mol. The Morgan fingerprint density at radius 1 is 1.00 bits per heavy atom. The lowest BCUT2D eigenvalue weighted by atomic mass is 9.97. The summed E-state index contributed by atoms with van der Waals surface area (Å²) in [6, 6.07) is 0.509. The molecule has 0 aliphatic heterocycles. The molecule has 3 nitrogen and oxygen atoms in total. The zero-order valence-electron chi connectivity index (χ0n) is 9.45. The molecule has 16 heavy (non-hydrogen) atoms. The third-order valence-corrected chi connectivity index (χ3v) is 3.38. The molecule has 1 aliphatic rings. The van der Waals surface area contributed by atoms with Gasteiger partial charge < -0.3 is 5.32 Å². The standard InChI is InChI=1S/C12H18ClN3/c13-11-12(15-9-8-14-11)16-10-6-4-2-1-3-5-7-10/h8-10H,1-7H2,(H,15,16). The van der Waals surface area contributed by atoms with Crippen LogP contribution in [-0.4, -0.2) is 16.0 Å². The SMILES string of the molecule is Clc1nccnc1NC1CCCCCCC1. The van der Waals surface area contributed by atoms with Crippen molar-refractivity contribution in [2.24, 2.45) is 0 Å². The number of anilines is 1. The number of nitrogens with one attached hydrogen (secondary N) is 1. The molecule has 0 unspecified atom stereocenters. The van der Waals surface area contributed by atoms with Gasteiger partial charge in [-0.05, 0) is 12.8 Å². The van der Waals surface area contributed by atoms with Gasteiger partial charge >= 0.3 is 0 Å². The van der Waals surface area contributed by atoms with Crippen molar-refractivity contribution in [3.63, 3.8) is 0 Å². The molecule has 1 heterocycles. The second-order valence-electron chi connectivity index (χ2n) is 4.38. The summed E-state index contributed by atoms with van der Waals surface area (Å²) in [6.45, 7) is 0. The van der Waals surface area contributed by atoms with Crippen LogP contribution in [0.5, 0.6) is 0 Å². The highest BCUT2D eigenvalue weighted by Crippen LogP contribution is 2.22. The van der Waals surface area contributed by atoms with E-state index >= 15 is 0 Å². The van der Waals surface area contributed by atoms with Gasteiger partial charge in [-0.2, -0.15) is 0 Å². The highest BCUT2D eigenvalue weighted by Gasteiger charge is 2.13. The topological polar surface area (TPSA) is 37.8 Å². The van der Waals surface area contributed by atoms with Crippen LogP contribution >= 0.6 is 11.6 Å². The van der Waals surface area contributed by atoms with Crippen LogP contribution in [-0.2, 0) is 0 Å². The van der Waals surface area contributed by atoms with E-state index in [0.29, 0.717) is 11.2 Å². The highest BCUT2D eigenvalue weighted by atomic mass is 35.5. The number of rotatable bonds is 2. The maximum absolute atomic E-state index is 5.98. The fraction of sp³-hybridized carbons (Fsp3) is 0.667. The van der Waals surface area contributed by atoms with E-state index in [1.807, 2.05) is 0 Å². The van der Waals surface area contributed by atoms with E-state index in [-0.39, 0.29) is 0 Å². The average molecular weight is 240 g/mol. The van der Waals surface area contributed by atoms with Crippen molar-refractivity contribution in [2.45, 2.75) is 51.0 Å².